The molecule has 1 aliphatic carbocycles. The second-order valence-electron chi connectivity index (χ2n) is 7.33. The minimum absolute atomic E-state index is 0.0111. The van der Waals surface area contributed by atoms with E-state index in [9.17, 15) is 0 Å². The highest BCUT2D eigenvalue weighted by Gasteiger charge is 2.56. The van der Waals surface area contributed by atoms with Crippen LogP contribution in [0.5, 0.6) is 0 Å². The lowest BCUT2D eigenvalue weighted by atomic mass is 10.2. The number of hydrogen-bond acceptors (Lipinski definition) is 7. The van der Waals surface area contributed by atoms with E-state index in [1.165, 1.54) is 0 Å². The van der Waals surface area contributed by atoms with Gasteiger partial charge in [-0.2, -0.15) is 0 Å². The van der Waals surface area contributed by atoms with Crippen molar-refractivity contribution in [2.45, 2.75) is 68.9 Å². The lowest BCUT2D eigenvalue weighted by Crippen LogP contribution is -2.32. The quantitative estimate of drug-likeness (QED) is 0.407. The summed E-state index contributed by atoms with van der Waals surface area (Å²) in [6.07, 6.45) is 1.25. The first-order valence-corrected chi connectivity index (χ1v) is 10.6. The van der Waals surface area contributed by atoms with Crippen molar-refractivity contribution in [1.29, 1.82) is 0 Å². The van der Waals surface area contributed by atoms with Crippen LogP contribution < -0.4 is 0 Å². The second kappa shape index (κ2) is 7.53. The van der Waals surface area contributed by atoms with Crippen LogP contribution >= 0.6 is 23.4 Å². The average molecular weight is 417 g/mol. The van der Waals surface area contributed by atoms with E-state index in [2.05, 4.69) is 22.0 Å². The molecule has 2 aliphatic rings. The van der Waals surface area contributed by atoms with Crippen LogP contribution in [0.4, 0.5) is 0 Å². The van der Waals surface area contributed by atoms with E-state index in [0.29, 0.717) is 16.7 Å². The number of H-pyrrole nitrogens is 1. The van der Waals surface area contributed by atoms with Crippen molar-refractivity contribution in [3.05, 3.63) is 5.15 Å². The Labute approximate surface area is 166 Å². The molecule has 4 rings (SSSR count). The van der Waals surface area contributed by atoms with Crippen molar-refractivity contribution >= 4 is 34.5 Å². The number of hydrogen-bond donors (Lipinski definition) is 2. The number of thioether (sulfide) groups is 1. The fourth-order valence-electron chi connectivity index (χ4n) is 3.82. The lowest BCUT2D eigenvalue weighted by molar-refractivity contribution is -0.171. The molecule has 3 heterocycles. The summed E-state index contributed by atoms with van der Waals surface area (Å²) in [5.41, 5.74) is 1.53. The molecule has 0 aromatic carbocycles. The summed E-state index contributed by atoms with van der Waals surface area (Å²) in [6, 6.07) is -0.0111. The standard InChI is InChI=1S/C17H25ClN4O4S/c1-4-7-27-16-19-14(18)11-15(20-16)22(21-11)9-8-10(24-6-5-23)13-12(9)25-17(2,3)26-13/h9-10,12-13,21,23H,4-8H2,1-3H3/t9-,10+,12+,13-/m1/s1. The van der Waals surface area contributed by atoms with Gasteiger partial charge in [0, 0.05) is 12.2 Å². The first-order chi connectivity index (χ1) is 12.9. The molecule has 0 amide bonds. The highest BCUT2D eigenvalue weighted by Crippen LogP contribution is 2.46. The van der Waals surface area contributed by atoms with Gasteiger partial charge in [-0.15, -0.1) is 0 Å². The third-order valence-electron chi connectivity index (χ3n) is 4.86. The van der Waals surface area contributed by atoms with Crippen molar-refractivity contribution in [3.8, 4) is 0 Å². The van der Waals surface area contributed by atoms with Crippen LogP contribution in [0.2, 0.25) is 5.15 Å². The summed E-state index contributed by atoms with van der Waals surface area (Å²) in [4.78, 5) is 9.02. The van der Waals surface area contributed by atoms with Gasteiger partial charge in [-0.25, -0.2) is 9.97 Å². The van der Waals surface area contributed by atoms with Crippen LogP contribution in [0.25, 0.3) is 11.2 Å². The van der Waals surface area contributed by atoms with Gasteiger partial charge in [-0.3, -0.25) is 9.78 Å². The number of halogens is 1. The third-order valence-corrected chi connectivity index (χ3v) is 6.19. The number of aromatic nitrogens is 4. The highest BCUT2D eigenvalue weighted by atomic mass is 35.5. The molecule has 2 aromatic rings. The molecule has 1 aliphatic heterocycles. The van der Waals surface area contributed by atoms with Crippen molar-refractivity contribution in [1.82, 2.24) is 19.7 Å². The smallest absolute Gasteiger partial charge is 0.191 e. The summed E-state index contributed by atoms with van der Waals surface area (Å²) in [7, 11) is 0. The van der Waals surface area contributed by atoms with E-state index < -0.39 is 5.79 Å². The summed E-state index contributed by atoms with van der Waals surface area (Å²) >= 11 is 7.91. The number of ether oxygens (including phenoxy) is 3. The molecule has 2 aromatic heterocycles. The fraction of sp³-hybridized carbons (Fsp3) is 0.765. The third kappa shape index (κ3) is 3.61. The number of nitrogens with zero attached hydrogens (tertiary/aromatic N) is 3. The lowest BCUT2D eigenvalue weighted by Gasteiger charge is -2.27. The zero-order valence-corrected chi connectivity index (χ0v) is 17.2. The van der Waals surface area contributed by atoms with Crippen LogP contribution in [0, 0.1) is 0 Å². The fourth-order valence-corrected chi connectivity index (χ4v) is 4.77. The molecule has 0 spiro atoms. The predicted octanol–water partition coefficient (Wildman–Crippen LogP) is 2.76. The van der Waals surface area contributed by atoms with Crippen LogP contribution in [0.15, 0.2) is 5.16 Å². The van der Waals surface area contributed by atoms with Crippen molar-refractivity contribution in [2.24, 2.45) is 0 Å². The van der Waals surface area contributed by atoms with Gasteiger partial charge in [0.2, 0.25) is 0 Å². The second-order valence-corrected chi connectivity index (χ2v) is 8.75. The Balaban J connectivity index is 1.63. The summed E-state index contributed by atoms with van der Waals surface area (Å²) in [5.74, 6) is 0.271. The number of aliphatic hydroxyl groups is 1. The number of aliphatic hydroxyl groups excluding tert-OH is 1. The Morgan fingerprint density at radius 1 is 1.37 bits per heavy atom. The Morgan fingerprint density at radius 2 is 2.15 bits per heavy atom. The van der Waals surface area contributed by atoms with E-state index in [1.54, 1.807) is 11.8 Å². The van der Waals surface area contributed by atoms with Crippen LogP contribution in [0.1, 0.15) is 39.7 Å². The topological polar surface area (TPSA) is 94.4 Å². The molecule has 4 atom stereocenters. The summed E-state index contributed by atoms with van der Waals surface area (Å²) < 4.78 is 20.1. The van der Waals surface area contributed by atoms with Crippen LogP contribution in [-0.2, 0) is 14.2 Å². The van der Waals surface area contributed by atoms with Crippen LogP contribution in [-0.4, -0.2) is 67.9 Å². The SMILES string of the molecule is CCCSc1nc(Cl)c2[nH]n([C@@H]3C[C@H](OCCO)[C@H]4OC(C)(C)O[C@H]43)c2n1. The molecular weight excluding hydrogens is 392 g/mol. The molecule has 10 heteroatoms. The first kappa shape index (κ1) is 19.5. The molecule has 0 radical (unpaired) electrons. The van der Waals surface area contributed by atoms with Gasteiger partial charge >= 0.3 is 0 Å². The maximum atomic E-state index is 9.11. The van der Waals surface area contributed by atoms with Crippen molar-refractivity contribution in [2.75, 3.05) is 19.0 Å². The molecule has 2 fully saturated rings. The van der Waals surface area contributed by atoms with Gasteiger partial charge in [0.1, 0.15) is 17.7 Å². The average Bonchev–Trinajstić information content (AvgIpc) is 3.07. The number of nitrogens with one attached hydrogen (secondary N) is 1. The van der Waals surface area contributed by atoms with E-state index in [1.807, 2.05) is 18.5 Å². The molecule has 8 nitrogen and oxygen atoms in total. The largest absolute Gasteiger partial charge is 0.394 e. The van der Waals surface area contributed by atoms with Gasteiger partial charge in [-0.1, -0.05) is 30.3 Å². The van der Waals surface area contributed by atoms with Gasteiger partial charge in [0.15, 0.2) is 21.7 Å². The molecule has 0 unspecified atom stereocenters. The first-order valence-electron chi connectivity index (χ1n) is 9.28. The van der Waals surface area contributed by atoms with E-state index in [-0.39, 0.29) is 37.6 Å². The Bertz CT molecular complexity index is 810. The highest BCUT2D eigenvalue weighted by molar-refractivity contribution is 7.99. The van der Waals surface area contributed by atoms with Crippen molar-refractivity contribution in [3.63, 3.8) is 0 Å². The Kier molecular flexibility index (Phi) is 5.43. The molecule has 2 N–H and O–H groups in total. The minimum Gasteiger partial charge on any atom is -0.394 e. The zero-order chi connectivity index (χ0) is 19.2. The van der Waals surface area contributed by atoms with Gasteiger partial charge in [0.05, 0.1) is 25.4 Å². The predicted molar refractivity (Wildman–Crippen MR) is 102 cm³/mol. The van der Waals surface area contributed by atoms with E-state index in [4.69, 9.17) is 30.9 Å². The Hall–Kier alpha value is -0.840. The summed E-state index contributed by atoms with van der Waals surface area (Å²) in [5, 5.41) is 13.5. The number of rotatable bonds is 7. The molecule has 1 saturated carbocycles. The molecule has 150 valence electrons. The van der Waals surface area contributed by atoms with E-state index in [0.717, 1.165) is 23.3 Å². The molecule has 0 bridgehead atoms. The number of fused-ring (bicyclic) bond motifs is 2. The number of aromatic amines is 1. The minimum atomic E-state index is -0.673. The monoisotopic (exact) mass is 416 g/mol. The van der Waals surface area contributed by atoms with E-state index >= 15 is 0 Å². The van der Waals surface area contributed by atoms with Gasteiger partial charge in [-0.05, 0) is 20.3 Å². The zero-order valence-electron chi connectivity index (χ0n) is 15.6. The molecule has 27 heavy (non-hydrogen) atoms. The molecule has 1 saturated heterocycles. The maximum Gasteiger partial charge on any atom is 0.191 e. The van der Waals surface area contributed by atoms with Crippen LogP contribution in [0.3, 0.4) is 0 Å². The Morgan fingerprint density at radius 3 is 2.89 bits per heavy atom. The van der Waals surface area contributed by atoms with Gasteiger partial charge < -0.3 is 19.3 Å². The molecular formula is C17H25ClN4O4S. The summed E-state index contributed by atoms with van der Waals surface area (Å²) in [6.45, 7) is 6.19. The van der Waals surface area contributed by atoms with Gasteiger partial charge in [0.25, 0.3) is 0 Å². The maximum absolute atomic E-state index is 9.11. The normalized spacial score (nSPS) is 29.7. The van der Waals surface area contributed by atoms with Crippen molar-refractivity contribution < 1.29 is 19.3 Å².